The number of rotatable bonds is 5. The Labute approximate surface area is 177 Å². The maximum atomic E-state index is 12.3. The van der Waals surface area contributed by atoms with Crippen LogP contribution in [0.2, 0.25) is 0 Å². The monoisotopic (exact) mass is 478 g/mol. The first-order chi connectivity index (χ1) is 14.3. The highest BCUT2D eigenvalue weighted by atomic mass is 79.9. The van der Waals surface area contributed by atoms with Gasteiger partial charge in [0.1, 0.15) is 17.3 Å². The summed E-state index contributed by atoms with van der Waals surface area (Å²) in [4.78, 5) is 4.42. The molecular formula is C20H14BrF3N4O2. The summed E-state index contributed by atoms with van der Waals surface area (Å²) in [5.41, 5.74) is 2.08. The maximum Gasteiger partial charge on any atom is 0.573 e. The molecule has 30 heavy (non-hydrogen) atoms. The molecule has 154 valence electrons. The van der Waals surface area contributed by atoms with Crippen molar-refractivity contribution in [3.8, 4) is 28.6 Å². The molecule has 0 saturated heterocycles. The highest BCUT2D eigenvalue weighted by Crippen LogP contribution is 2.28. The Morgan fingerprint density at radius 3 is 2.57 bits per heavy atom. The molecule has 0 spiro atoms. The highest BCUT2D eigenvalue weighted by molar-refractivity contribution is 9.10. The average molecular weight is 479 g/mol. The van der Waals surface area contributed by atoms with E-state index < -0.39 is 6.36 Å². The molecule has 0 radical (unpaired) electrons. The second-order valence-corrected chi connectivity index (χ2v) is 7.33. The van der Waals surface area contributed by atoms with Crippen molar-refractivity contribution in [1.82, 2.24) is 19.9 Å². The van der Waals surface area contributed by atoms with Crippen LogP contribution in [0.25, 0.3) is 22.8 Å². The molecule has 2 heterocycles. The summed E-state index contributed by atoms with van der Waals surface area (Å²) in [5.74, 6) is 1.13. The van der Waals surface area contributed by atoms with Crippen molar-refractivity contribution in [3.05, 3.63) is 70.5 Å². The average Bonchev–Trinajstić information content (AvgIpc) is 3.29. The number of ether oxygens (including phenoxy) is 1. The van der Waals surface area contributed by atoms with Gasteiger partial charge in [0, 0.05) is 16.1 Å². The summed E-state index contributed by atoms with van der Waals surface area (Å²) in [6.45, 7) is 2.38. The quantitative estimate of drug-likeness (QED) is 0.372. The van der Waals surface area contributed by atoms with Crippen LogP contribution in [-0.2, 0) is 6.54 Å². The molecule has 4 aromatic rings. The van der Waals surface area contributed by atoms with E-state index in [1.54, 1.807) is 10.7 Å². The zero-order valence-electron chi connectivity index (χ0n) is 15.5. The Hall–Kier alpha value is -3.14. The van der Waals surface area contributed by atoms with Gasteiger partial charge in [-0.15, -0.1) is 18.3 Å². The largest absolute Gasteiger partial charge is 0.573 e. The van der Waals surface area contributed by atoms with Gasteiger partial charge in [-0.2, -0.15) is 0 Å². The summed E-state index contributed by atoms with van der Waals surface area (Å²) in [7, 11) is 0. The normalized spacial score (nSPS) is 11.6. The third-order valence-corrected chi connectivity index (χ3v) is 4.69. The SMILES string of the molecule is Cc1nc(-c2cc(-c3ccc(OC(F)(F)F)cc3)no2)nn1Cc1cccc(Br)c1. The topological polar surface area (TPSA) is 66.0 Å². The van der Waals surface area contributed by atoms with E-state index in [0.717, 1.165) is 10.0 Å². The first kappa shape index (κ1) is 20.1. The third-order valence-electron chi connectivity index (χ3n) is 4.19. The minimum Gasteiger partial charge on any atom is -0.406 e. The Morgan fingerprint density at radius 2 is 1.87 bits per heavy atom. The fourth-order valence-corrected chi connectivity index (χ4v) is 3.27. The Balaban J connectivity index is 1.53. The lowest BCUT2D eigenvalue weighted by Crippen LogP contribution is -2.16. The number of benzene rings is 2. The zero-order chi connectivity index (χ0) is 21.3. The molecule has 0 N–H and O–H groups in total. The number of alkyl halides is 3. The Kier molecular flexibility index (Phi) is 5.33. The molecule has 0 aliphatic heterocycles. The first-order valence-corrected chi connectivity index (χ1v) is 9.55. The maximum absolute atomic E-state index is 12.3. The predicted octanol–water partition coefficient (Wildman–Crippen LogP) is 5.62. The number of halogens is 4. The number of hydrogen-bond donors (Lipinski definition) is 0. The van der Waals surface area contributed by atoms with E-state index in [1.807, 2.05) is 31.2 Å². The molecule has 0 unspecified atom stereocenters. The van der Waals surface area contributed by atoms with Crippen molar-refractivity contribution in [2.75, 3.05) is 0 Å². The second kappa shape index (κ2) is 7.94. The van der Waals surface area contributed by atoms with E-state index in [1.165, 1.54) is 24.3 Å². The fourth-order valence-electron chi connectivity index (χ4n) is 2.83. The van der Waals surface area contributed by atoms with Gasteiger partial charge in [-0.05, 0) is 48.9 Å². The summed E-state index contributed by atoms with van der Waals surface area (Å²) in [6.07, 6.45) is -4.74. The van der Waals surface area contributed by atoms with Crippen LogP contribution < -0.4 is 4.74 Å². The van der Waals surface area contributed by atoms with Gasteiger partial charge in [0.05, 0.1) is 6.54 Å². The summed E-state index contributed by atoms with van der Waals surface area (Å²) < 4.78 is 48.8. The van der Waals surface area contributed by atoms with Crippen LogP contribution in [0.1, 0.15) is 11.4 Å². The number of nitrogens with zero attached hydrogens (tertiary/aromatic N) is 4. The van der Waals surface area contributed by atoms with Gasteiger partial charge >= 0.3 is 6.36 Å². The van der Waals surface area contributed by atoms with Crippen molar-refractivity contribution in [2.45, 2.75) is 19.8 Å². The van der Waals surface area contributed by atoms with E-state index in [-0.39, 0.29) is 5.75 Å². The fraction of sp³-hybridized carbons (Fsp3) is 0.150. The summed E-state index contributed by atoms with van der Waals surface area (Å²) in [5, 5.41) is 8.45. The molecule has 4 rings (SSSR count). The van der Waals surface area contributed by atoms with E-state index in [2.05, 4.69) is 35.9 Å². The molecule has 0 saturated carbocycles. The lowest BCUT2D eigenvalue weighted by atomic mass is 10.1. The van der Waals surface area contributed by atoms with Gasteiger partial charge in [0.15, 0.2) is 0 Å². The molecule has 0 fully saturated rings. The van der Waals surface area contributed by atoms with E-state index >= 15 is 0 Å². The van der Waals surface area contributed by atoms with Crippen molar-refractivity contribution < 1.29 is 22.4 Å². The van der Waals surface area contributed by atoms with Crippen molar-refractivity contribution in [3.63, 3.8) is 0 Å². The van der Waals surface area contributed by atoms with Crippen LogP contribution in [0.4, 0.5) is 13.2 Å². The van der Waals surface area contributed by atoms with E-state index in [0.29, 0.717) is 35.2 Å². The van der Waals surface area contributed by atoms with Gasteiger partial charge < -0.3 is 9.26 Å². The number of aryl methyl sites for hydroxylation is 1. The molecule has 6 nitrogen and oxygen atoms in total. The Morgan fingerprint density at radius 1 is 1.10 bits per heavy atom. The van der Waals surface area contributed by atoms with Crippen LogP contribution in [0.5, 0.6) is 5.75 Å². The van der Waals surface area contributed by atoms with Crippen molar-refractivity contribution >= 4 is 15.9 Å². The highest BCUT2D eigenvalue weighted by Gasteiger charge is 2.31. The lowest BCUT2D eigenvalue weighted by molar-refractivity contribution is -0.274. The molecule has 10 heteroatoms. The van der Waals surface area contributed by atoms with Crippen LogP contribution in [0, 0.1) is 6.92 Å². The van der Waals surface area contributed by atoms with E-state index in [4.69, 9.17) is 4.52 Å². The molecule has 2 aromatic heterocycles. The van der Waals surface area contributed by atoms with Crippen molar-refractivity contribution in [2.24, 2.45) is 0 Å². The van der Waals surface area contributed by atoms with Crippen LogP contribution in [-0.4, -0.2) is 26.3 Å². The number of hydrogen-bond acceptors (Lipinski definition) is 5. The van der Waals surface area contributed by atoms with Crippen LogP contribution >= 0.6 is 15.9 Å². The van der Waals surface area contributed by atoms with Crippen LogP contribution in [0.3, 0.4) is 0 Å². The standard InChI is InChI=1S/C20H14BrF3N4O2/c1-12-25-19(26-28(12)11-13-3-2-4-15(21)9-13)18-10-17(27-30-18)14-5-7-16(8-6-14)29-20(22,23)24/h2-10H,11H2,1H3. The van der Waals surface area contributed by atoms with Gasteiger partial charge in [0.25, 0.3) is 0 Å². The molecule has 0 bridgehead atoms. The molecule has 2 aromatic carbocycles. The van der Waals surface area contributed by atoms with Crippen LogP contribution in [0.15, 0.2) is 63.6 Å². The molecular weight excluding hydrogens is 465 g/mol. The second-order valence-electron chi connectivity index (χ2n) is 6.42. The zero-order valence-corrected chi connectivity index (χ0v) is 17.1. The van der Waals surface area contributed by atoms with E-state index in [9.17, 15) is 13.2 Å². The minimum absolute atomic E-state index is 0.307. The first-order valence-electron chi connectivity index (χ1n) is 8.76. The minimum atomic E-state index is -4.74. The molecule has 0 atom stereocenters. The smallest absolute Gasteiger partial charge is 0.406 e. The summed E-state index contributed by atoms with van der Waals surface area (Å²) in [6, 6.07) is 14.9. The van der Waals surface area contributed by atoms with Gasteiger partial charge in [-0.1, -0.05) is 33.2 Å². The lowest BCUT2D eigenvalue weighted by Gasteiger charge is -2.08. The van der Waals surface area contributed by atoms with Crippen molar-refractivity contribution in [1.29, 1.82) is 0 Å². The number of aromatic nitrogens is 4. The molecule has 0 aliphatic carbocycles. The predicted molar refractivity (Wildman–Crippen MR) is 106 cm³/mol. The van der Waals surface area contributed by atoms with Gasteiger partial charge in [-0.3, -0.25) is 0 Å². The summed E-state index contributed by atoms with van der Waals surface area (Å²) >= 11 is 3.45. The third kappa shape index (κ3) is 4.70. The molecule has 0 aliphatic rings. The molecule has 0 amide bonds. The Bertz CT molecular complexity index is 1170. The van der Waals surface area contributed by atoms with Gasteiger partial charge in [-0.25, -0.2) is 9.67 Å². The van der Waals surface area contributed by atoms with Gasteiger partial charge in [0.2, 0.25) is 11.6 Å².